The number of likely N-dealkylation sites (N-methyl/N-ethyl adjacent to an activating group) is 1. The number of amides is 1. The summed E-state index contributed by atoms with van der Waals surface area (Å²) in [4.78, 5) is 11.1. The highest BCUT2D eigenvalue weighted by molar-refractivity contribution is 7.91. The Kier molecular flexibility index (Phi) is 6.51. The minimum Gasteiger partial charge on any atom is -0.355 e. The predicted molar refractivity (Wildman–Crippen MR) is 60.5 cm³/mol. The predicted octanol–water partition coefficient (Wildman–Crippen LogP) is -0.465. The van der Waals surface area contributed by atoms with Crippen LogP contribution in [0, 0.1) is 0 Å². The zero-order valence-electron chi connectivity index (χ0n) is 9.54. The van der Waals surface area contributed by atoms with Crippen LogP contribution in [0.1, 0.15) is 20.8 Å². The summed E-state index contributed by atoms with van der Waals surface area (Å²) >= 11 is 0. The monoisotopic (exact) mass is 236 g/mol. The van der Waals surface area contributed by atoms with Gasteiger partial charge in [-0.2, -0.15) is 0 Å². The van der Waals surface area contributed by atoms with Crippen molar-refractivity contribution in [3.05, 3.63) is 0 Å². The molecule has 1 atom stereocenters. The van der Waals surface area contributed by atoms with Crippen LogP contribution in [-0.2, 0) is 14.6 Å². The quantitative estimate of drug-likeness (QED) is 0.627. The van der Waals surface area contributed by atoms with E-state index in [2.05, 4.69) is 10.6 Å². The van der Waals surface area contributed by atoms with E-state index in [-0.39, 0.29) is 30.0 Å². The molecular weight excluding hydrogens is 216 g/mol. The Morgan fingerprint density at radius 3 is 2.40 bits per heavy atom. The SMILES string of the molecule is CCNC(=O)CNC(C)CS(=O)(=O)CC. The van der Waals surface area contributed by atoms with Crippen LogP contribution >= 0.6 is 0 Å². The summed E-state index contributed by atoms with van der Waals surface area (Å²) in [5.41, 5.74) is 0. The van der Waals surface area contributed by atoms with E-state index in [0.29, 0.717) is 6.54 Å². The Labute approximate surface area is 91.5 Å². The first-order chi connectivity index (χ1) is 6.91. The molecule has 0 aromatic heterocycles. The lowest BCUT2D eigenvalue weighted by atomic mass is 10.4. The minimum absolute atomic E-state index is 0.0723. The van der Waals surface area contributed by atoms with E-state index in [1.165, 1.54) is 0 Å². The number of sulfone groups is 1. The lowest BCUT2D eigenvalue weighted by Gasteiger charge is -2.12. The molecule has 1 amide bonds. The first kappa shape index (κ1) is 14.4. The van der Waals surface area contributed by atoms with Gasteiger partial charge in [-0.1, -0.05) is 6.92 Å². The topological polar surface area (TPSA) is 75.3 Å². The second kappa shape index (κ2) is 6.79. The van der Waals surface area contributed by atoms with Crippen LogP contribution in [0.15, 0.2) is 0 Å². The molecule has 0 fully saturated rings. The molecule has 0 saturated heterocycles. The fourth-order valence-electron chi connectivity index (χ4n) is 1.08. The summed E-state index contributed by atoms with van der Waals surface area (Å²) in [5, 5.41) is 5.49. The smallest absolute Gasteiger partial charge is 0.233 e. The van der Waals surface area contributed by atoms with Crippen LogP contribution in [0.4, 0.5) is 0 Å². The lowest BCUT2D eigenvalue weighted by molar-refractivity contribution is -0.120. The second-order valence-electron chi connectivity index (χ2n) is 3.43. The van der Waals surface area contributed by atoms with Crippen LogP contribution in [0.3, 0.4) is 0 Å². The van der Waals surface area contributed by atoms with Gasteiger partial charge in [0.15, 0.2) is 9.84 Å². The molecule has 90 valence electrons. The maximum Gasteiger partial charge on any atom is 0.233 e. The van der Waals surface area contributed by atoms with E-state index < -0.39 is 9.84 Å². The van der Waals surface area contributed by atoms with Crippen molar-refractivity contribution in [3.8, 4) is 0 Å². The van der Waals surface area contributed by atoms with Crippen molar-refractivity contribution in [3.63, 3.8) is 0 Å². The van der Waals surface area contributed by atoms with Crippen LogP contribution in [-0.4, -0.2) is 45.0 Å². The normalized spacial score (nSPS) is 13.5. The van der Waals surface area contributed by atoms with Crippen molar-refractivity contribution in [2.24, 2.45) is 0 Å². The largest absolute Gasteiger partial charge is 0.355 e. The number of hydrogen-bond acceptors (Lipinski definition) is 4. The van der Waals surface area contributed by atoms with Gasteiger partial charge in [0.2, 0.25) is 5.91 Å². The van der Waals surface area contributed by atoms with Gasteiger partial charge in [-0.15, -0.1) is 0 Å². The molecule has 15 heavy (non-hydrogen) atoms. The average molecular weight is 236 g/mol. The molecule has 0 saturated carbocycles. The third-order valence-corrected chi connectivity index (χ3v) is 3.82. The van der Waals surface area contributed by atoms with Crippen molar-refractivity contribution in [2.75, 3.05) is 24.6 Å². The van der Waals surface area contributed by atoms with Crippen molar-refractivity contribution in [1.29, 1.82) is 0 Å². The van der Waals surface area contributed by atoms with E-state index in [4.69, 9.17) is 0 Å². The maximum absolute atomic E-state index is 11.2. The molecule has 0 aromatic rings. The second-order valence-corrected chi connectivity index (χ2v) is 5.83. The number of carbonyl (C=O) groups is 1. The van der Waals surface area contributed by atoms with Crippen LogP contribution in [0.5, 0.6) is 0 Å². The number of nitrogens with one attached hydrogen (secondary N) is 2. The molecule has 6 heteroatoms. The third-order valence-electron chi connectivity index (χ3n) is 1.93. The first-order valence-corrected chi connectivity index (χ1v) is 6.94. The summed E-state index contributed by atoms with van der Waals surface area (Å²) < 4.78 is 22.5. The number of rotatable bonds is 7. The molecule has 0 spiro atoms. The highest BCUT2D eigenvalue weighted by Crippen LogP contribution is 1.93. The van der Waals surface area contributed by atoms with E-state index in [1.54, 1.807) is 13.8 Å². The zero-order chi connectivity index (χ0) is 11.9. The van der Waals surface area contributed by atoms with E-state index >= 15 is 0 Å². The molecule has 0 radical (unpaired) electrons. The molecule has 0 aliphatic heterocycles. The Balaban J connectivity index is 3.85. The minimum atomic E-state index is -2.97. The molecule has 0 aliphatic rings. The van der Waals surface area contributed by atoms with Crippen molar-refractivity contribution in [2.45, 2.75) is 26.8 Å². The molecule has 0 rings (SSSR count). The van der Waals surface area contributed by atoms with E-state index in [0.717, 1.165) is 0 Å². The van der Waals surface area contributed by atoms with E-state index in [1.807, 2.05) is 6.92 Å². The van der Waals surface area contributed by atoms with Gasteiger partial charge in [0.25, 0.3) is 0 Å². The molecule has 2 N–H and O–H groups in total. The summed E-state index contributed by atoms with van der Waals surface area (Å²) in [6.07, 6.45) is 0. The fourth-order valence-corrected chi connectivity index (χ4v) is 2.20. The average Bonchev–Trinajstić information content (AvgIpc) is 2.15. The Hall–Kier alpha value is -0.620. The van der Waals surface area contributed by atoms with E-state index in [9.17, 15) is 13.2 Å². The van der Waals surface area contributed by atoms with Gasteiger partial charge in [-0.25, -0.2) is 8.42 Å². The van der Waals surface area contributed by atoms with Gasteiger partial charge < -0.3 is 10.6 Å². The lowest BCUT2D eigenvalue weighted by Crippen LogP contribution is -2.40. The molecule has 5 nitrogen and oxygen atoms in total. The molecule has 0 aromatic carbocycles. The molecule has 0 heterocycles. The fraction of sp³-hybridized carbons (Fsp3) is 0.889. The molecule has 0 aliphatic carbocycles. The molecular formula is C9H20N2O3S. The summed E-state index contributed by atoms with van der Waals surface area (Å²) in [6.45, 7) is 5.96. The van der Waals surface area contributed by atoms with Crippen LogP contribution in [0.25, 0.3) is 0 Å². The summed E-state index contributed by atoms with van der Waals surface area (Å²) in [6, 6.07) is -0.197. The Morgan fingerprint density at radius 1 is 1.33 bits per heavy atom. The van der Waals surface area contributed by atoms with Gasteiger partial charge in [0.1, 0.15) is 0 Å². The first-order valence-electron chi connectivity index (χ1n) is 5.11. The van der Waals surface area contributed by atoms with Gasteiger partial charge in [-0.05, 0) is 13.8 Å². The maximum atomic E-state index is 11.2. The molecule has 1 unspecified atom stereocenters. The highest BCUT2D eigenvalue weighted by atomic mass is 32.2. The van der Waals surface area contributed by atoms with Crippen LogP contribution < -0.4 is 10.6 Å². The van der Waals surface area contributed by atoms with Crippen molar-refractivity contribution < 1.29 is 13.2 Å². The summed E-state index contributed by atoms with van der Waals surface area (Å²) in [5.74, 6) is 0.0987. The van der Waals surface area contributed by atoms with Crippen molar-refractivity contribution >= 4 is 15.7 Å². The van der Waals surface area contributed by atoms with Crippen LogP contribution in [0.2, 0.25) is 0 Å². The van der Waals surface area contributed by atoms with Crippen molar-refractivity contribution in [1.82, 2.24) is 10.6 Å². The van der Waals surface area contributed by atoms with Gasteiger partial charge in [-0.3, -0.25) is 4.79 Å². The Bertz CT molecular complexity index is 288. The standard InChI is InChI=1S/C9H20N2O3S/c1-4-10-9(12)6-11-8(3)7-15(13,14)5-2/h8,11H,4-7H2,1-3H3,(H,10,12). The van der Waals surface area contributed by atoms with Gasteiger partial charge >= 0.3 is 0 Å². The highest BCUT2D eigenvalue weighted by Gasteiger charge is 2.13. The zero-order valence-corrected chi connectivity index (χ0v) is 10.4. The number of hydrogen-bond donors (Lipinski definition) is 2. The third kappa shape index (κ3) is 7.33. The Morgan fingerprint density at radius 2 is 1.93 bits per heavy atom. The van der Waals surface area contributed by atoms with Gasteiger partial charge in [0.05, 0.1) is 12.3 Å². The molecule has 0 bridgehead atoms. The van der Waals surface area contributed by atoms with Gasteiger partial charge in [0, 0.05) is 18.3 Å². The summed E-state index contributed by atoms with van der Waals surface area (Å²) in [7, 11) is -2.97. The number of carbonyl (C=O) groups excluding carboxylic acids is 1.